The number of carbonyl (C=O) groups excluding carboxylic acids is 4. The van der Waals surface area contributed by atoms with Gasteiger partial charge in [-0.05, 0) is 48.5 Å². The summed E-state index contributed by atoms with van der Waals surface area (Å²) >= 11 is 0. The van der Waals surface area contributed by atoms with Crippen molar-refractivity contribution in [3.05, 3.63) is 144 Å². The Kier molecular flexibility index (Phi) is 14.2. The molecule has 1 fully saturated rings. The summed E-state index contributed by atoms with van der Waals surface area (Å²) in [6.45, 7) is -0.489. The lowest BCUT2D eigenvalue weighted by Crippen LogP contribution is -2.63. The summed E-state index contributed by atoms with van der Waals surface area (Å²) in [6, 6.07) is 32.4. The third-order valence-electron chi connectivity index (χ3n) is 7.23. The fourth-order valence-electron chi connectivity index (χ4n) is 4.86. The van der Waals surface area contributed by atoms with E-state index in [2.05, 4.69) is 0 Å². The maximum atomic E-state index is 13.6. The third-order valence-corrected chi connectivity index (χ3v) is 8.20. The van der Waals surface area contributed by atoms with Crippen molar-refractivity contribution in [3.8, 4) is 0 Å². The second-order valence-corrected chi connectivity index (χ2v) is 11.8. The van der Waals surface area contributed by atoms with Gasteiger partial charge in [0, 0.05) is 22.6 Å². The molecule has 1 aliphatic rings. The number of carbonyl (C=O) groups is 4. The van der Waals surface area contributed by atoms with Gasteiger partial charge in [-0.25, -0.2) is 19.2 Å². The molecule has 12 nitrogen and oxygen atoms in total. The smallest absolute Gasteiger partial charge is 0.338 e. The van der Waals surface area contributed by atoms with Crippen LogP contribution in [-0.4, -0.2) is 83.8 Å². The lowest BCUT2D eigenvalue weighted by molar-refractivity contribution is -0.277. The van der Waals surface area contributed by atoms with Gasteiger partial charge in [0.25, 0.3) is 0 Å². The summed E-state index contributed by atoms with van der Waals surface area (Å²) in [5.74, 6) is -3.14. The van der Waals surface area contributed by atoms with E-state index in [0.29, 0.717) is 0 Å². The number of hydrogen-bond donors (Lipinski definition) is 0. The molecule has 0 N–H and O–H groups in total. The zero-order valence-electron chi connectivity index (χ0n) is 27.1. The molecule has 4 aromatic carbocycles. The highest BCUT2D eigenvalue weighted by Gasteiger charge is 2.54. The number of rotatable bonds is 13. The standard InChI is InChI=1S/C36H33O12P.B/c1-41-49(42-2)48-36-31(47-35(40)27-21-13-6-14-22-27)30(46-34(39)26-19-11-5-12-20-26)29(45-33(38)25-17-9-4-10-18-25)28(44-36)23-43-32(37)24-15-7-3-8-16-24;/h3-22,28-31,36H,23H2,1-2H3;/t28-,29-,30+,31-,36+;/m1./s1. The quantitative estimate of drug-likeness (QED) is 0.0764. The number of esters is 4. The van der Waals surface area contributed by atoms with E-state index < -0.39 is 69.8 Å². The minimum Gasteiger partial charge on any atom is -0.459 e. The highest BCUT2D eigenvalue weighted by Crippen LogP contribution is 2.43. The van der Waals surface area contributed by atoms with E-state index in [-0.39, 0.29) is 30.7 Å². The van der Waals surface area contributed by atoms with Gasteiger partial charge < -0.3 is 32.7 Å². The normalized spacial score (nSPS) is 19.8. The monoisotopic (exact) mass is 699 g/mol. The van der Waals surface area contributed by atoms with Crippen molar-refractivity contribution in [2.24, 2.45) is 0 Å². The van der Waals surface area contributed by atoms with E-state index in [0.717, 1.165) is 0 Å². The van der Waals surface area contributed by atoms with Crippen molar-refractivity contribution < 1.29 is 56.4 Å². The highest BCUT2D eigenvalue weighted by atomic mass is 31.2. The number of ether oxygens (including phenoxy) is 5. The van der Waals surface area contributed by atoms with Gasteiger partial charge in [0.2, 0.25) is 6.29 Å². The molecule has 14 heteroatoms. The van der Waals surface area contributed by atoms with Gasteiger partial charge in [-0.15, -0.1) is 0 Å². The average molecular weight is 699 g/mol. The first-order valence-electron chi connectivity index (χ1n) is 15.1. The first-order valence-corrected chi connectivity index (χ1v) is 16.2. The summed E-state index contributed by atoms with van der Waals surface area (Å²) in [7, 11) is 0.581. The summed E-state index contributed by atoms with van der Waals surface area (Å²) in [4.78, 5) is 53.6. The molecule has 1 aliphatic heterocycles. The lowest BCUT2D eigenvalue weighted by Gasteiger charge is -2.44. The minimum absolute atomic E-state index is 0. The molecule has 5 rings (SSSR count). The van der Waals surface area contributed by atoms with E-state index in [4.69, 9.17) is 37.3 Å². The molecule has 0 bridgehead atoms. The predicted octanol–water partition coefficient (Wildman–Crippen LogP) is 5.40. The Morgan fingerprint density at radius 3 is 1.30 bits per heavy atom. The van der Waals surface area contributed by atoms with E-state index in [1.807, 2.05) is 0 Å². The van der Waals surface area contributed by atoms with Crippen LogP contribution in [0.2, 0.25) is 0 Å². The molecule has 257 valence electrons. The Morgan fingerprint density at radius 2 is 0.900 bits per heavy atom. The topological polar surface area (TPSA) is 142 Å². The zero-order chi connectivity index (χ0) is 34.6. The van der Waals surface area contributed by atoms with Gasteiger partial charge in [0.1, 0.15) is 12.7 Å². The van der Waals surface area contributed by atoms with Crippen LogP contribution < -0.4 is 0 Å². The molecule has 1 saturated heterocycles. The van der Waals surface area contributed by atoms with E-state index in [9.17, 15) is 19.2 Å². The van der Waals surface area contributed by atoms with Gasteiger partial charge in [0.05, 0.1) is 22.3 Å². The fourth-order valence-corrected chi connectivity index (χ4v) is 5.52. The molecule has 0 unspecified atom stereocenters. The fraction of sp³-hybridized carbons (Fsp3) is 0.222. The SMILES string of the molecule is COP(OC)O[C@@H]1O[C@H](COC(=O)c2ccccc2)[C@@H](OC(=O)c2ccccc2)[C@H](OC(=O)c2ccccc2)[C@H]1OC(=O)c1ccccc1.[B]. The maximum Gasteiger partial charge on any atom is 0.338 e. The number of hydrogen-bond acceptors (Lipinski definition) is 12. The largest absolute Gasteiger partial charge is 0.459 e. The first-order chi connectivity index (χ1) is 23.9. The Labute approximate surface area is 292 Å². The molecular formula is C36H33BO12P. The molecule has 5 atom stereocenters. The molecule has 3 radical (unpaired) electrons. The lowest BCUT2D eigenvalue weighted by atomic mass is 9.97. The molecule has 0 aromatic heterocycles. The zero-order valence-corrected chi connectivity index (χ0v) is 28.0. The van der Waals surface area contributed by atoms with Crippen LogP contribution in [0.1, 0.15) is 41.4 Å². The van der Waals surface area contributed by atoms with E-state index in [1.54, 1.807) is 84.9 Å². The Morgan fingerprint density at radius 1 is 0.540 bits per heavy atom. The Bertz CT molecular complexity index is 1680. The second kappa shape index (κ2) is 18.7. The van der Waals surface area contributed by atoms with Crippen molar-refractivity contribution in [1.29, 1.82) is 0 Å². The summed E-state index contributed by atoms with van der Waals surface area (Å²) in [5, 5.41) is 0. The molecule has 0 spiro atoms. The molecule has 0 saturated carbocycles. The third kappa shape index (κ3) is 9.84. The highest BCUT2D eigenvalue weighted by molar-refractivity contribution is 7.41. The van der Waals surface area contributed by atoms with Gasteiger partial charge in [-0.2, -0.15) is 0 Å². The Balaban J connectivity index is 0.00000562. The summed E-state index contributed by atoms with van der Waals surface area (Å²) < 4.78 is 46.3. The van der Waals surface area contributed by atoms with Crippen molar-refractivity contribution in [2.45, 2.75) is 30.7 Å². The van der Waals surface area contributed by atoms with Crippen molar-refractivity contribution in [3.63, 3.8) is 0 Å². The van der Waals surface area contributed by atoms with Crippen LogP contribution in [0.25, 0.3) is 0 Å². The van der Waals surface area contributed by atoms with E-state index in [1.165, 1.54) is 50.6 Å². The average Bonchev–Trinajstić information content (AvgIpc) is 3.16. The van der Waals surface area contributed by atoms with Crippen molar-refractivity contribution in [1.82, 2.24) is 0 Å². The number of benzene rings is 4. The molecule has 50 heavy (non-hydrogen) atoms. The molecule has 0 aliphatic carbocycles. The van der Waals surface area contributed by atoms with Crippen molar-refractivity contribution in [2.75, 3.05) is 20.8 Å². The second-order valence-electron chi connectivity index (χ2n) is 10.4. The molecule has 1 heterocycles. The van der Waals surface area contributed by atoms with Crippen LogP contribution in [0.15, 0.2) is 121 Å². The van der Waals surface area contributed by atoms with Gasteiger partial charge >= 0.3 is 32.5 Å². The molecule has 4 aromatic rings. The molecule has 0 amide bonds. The summed E-state index contributed by atoms with van der Waals surface area (Å²) in [5.41, 5.74) is 0.768. The van der Waals surface area contributed by atoms with Crippen LogP contribution >= 0.6 is 8.60 Å². The van der Waals surface area contributed by atoms with Crippen molar-refractivity contribution >= 4 is 40.9 Å². The van der Waals surface area contributed by atoms with Crippen LogP contribution in [-0.2, 0) is 37.3 Å². The van der Waals surface area contributed by atoms with Crippen LogP contribution in [0, 0.1) is 0 Å². The minimum atomic E-state index is -2.08. The van der Waals surface area contributed by atoms with Crippen LogP contribution in [0.5, 0.6) is 0 Å². The van der Waals surface area contributed by atoms with Gasteiger partial charge in [0.15, 0.2) is 18.3 Å². The molecular weight excluding hydrogens is 666 g/mol. The predicted molar refractivity (Wildman–Crippen MR) is 180 cm³/mol. The summed E-state index contributed by atoms with van der Waals surface area (Å²) in [6.07, 6.45) is -7.44. The first kappa shape index (κ1) is 37.9. The maximum absolute atomic E-state index is 13.6. The Hall–Kier alpha value is -4.91. The van der Waals surface area contributed by atoms with Gasteiger partial charge in [-0.3, -0.25) is 4.52 Å². The van der Waals surface area contributed by atoms with Crippen LogP contribution in [0.3, 0.4) is 0 Å². The van der Waals surface area contributed by atoms with E-state index >= 15 is 0 Å². The van der Waals surface area contributed by atoms with Gasteiger partial charge in [-0.1, -0.05) is 72.8 Å². The van der Waals surface area contributed by atoms with Crippen LogP contribution in [0.4, 0.5) is 0 Å².